The van der Waals surface area contributed by atoms with Gasteiger partial charge in [0.15, 0.2) is 0 Å². The minimum Gasteiger partial charge on any atom is -0.410 e. The summed E-state index contributed by atoms with van der Waals surface area (Å²) in [4.78, 5) is 0. The normalized spacial score (nSPS) is 23.0. The van der Waals surface area contributed by atoms with Gasteiger partial charge in [-0.1, -0.05) is 0 Å². The van der Waals surface area contributed by atoms with Crippen LogP contribution in [0.25, 0.3) is 0 Å². The van der Waals surface area contributed by atoms with Gasteiger partial charge in [-0.2, -0.15) is 0 Å². The van der Waals surface area contributed by atoms with Gasteiger partial charge in [0.25, 0.3) is 0 Å². The molecule has 0 aromatic rings. The molecule has 1 heterocycles. The SMILES string of the molecule is C=C[Si]1O[Si]O[Si](C=C)(C=C)O1. The average molecular weight is 213 g/mol. The average Bonchev–Trinajstić information content (AvgIpc) is 2.18. The molecule has 1 aliphatic heterocycles. The Labute approximate surface area is 77.5 Å². The maximum Gasteiger partial charge on any atom is 0.413 e. The van der Waals surface area contributed by atoms with Crippen molar-refractivity contribution in [1.82, 2.24) is 0 Å². The molecule has 0 spiro atoms. The van der Waals surface area contributed by atoms with Gasteiger partial charge in [0, 0.05) is 0 Å². The van der Waals surface area contributed by atoms with Crippen LogP contribution in [0.2, 0.25) is 0 Å². The van der Waals surface area contributed by atoms with Gasteiger partial charge in [-0.3, -0.25) is 0 Å². The fourth-order valence-corrected chi connectivity index (χ4v) is 6.56. The molecule has 1 aliphatic rings. The molecule has 1 saturated heterocycles. The fraction of sp³-hybridized carbons (Fsp3) is 0. The Balaban J connectivity index is 2.70. The molecule has 0 aromatic heterocycles. The van der Waals surface area contributed by atoms with E-state index in [2.05, 4.69) is 19.7 Å². The summed E-state index contributed by atoms with van der Waals surface area (Å²) in [5.74, 6) is 0. The van der Waals surface area contributed by atoms with Crippen LogP contribution in [0.4, 0.5) is 0 Å². The van der Waals surface area contributed by atoms with E-state index in [-0.39, 0.29) is 10.0 Å². The third-order valence-corrected chi connectivity index (χ3v) is 7.64. The van der Waals surface area contributed by atoms with Crippen LogP contribution in [0, 0.1) is 0 Å². The lowest BCUT2D eigenvalue weighted by molar-refractivity contribution is 0.303. The smallest absolute Gasteiger partial charge is 0.410 e. The van der Waals surface area contributed by atoms with E-state index >= 15 is 0 Å². The van der Waals surface area contributed by atoms with Crippen LogP contribution in [0.1, 0.15) is 0 Å². The first kappa shape index (κ1) is 9.84. The van der Waals surface area contributed by atoms with Crippen molar-refractivity contribution < 1.29 is 12.3 Å². The summed E-state index contributed by atoms with van der Waals surface area (Å²) in [7, 11) is -3.65. The van der Waals surface area contributed by atoms with Crippen LogP contribution < -0.4 is 0 Å². The summed E-state index contributed by atoms with van der Waals surface area (Å²) >= 11 is 0. The van der Waals surface area contributed by atoms with E-state index in [0.717, 1.165) is 0 Å². The van der Waals surface area contributed by atoms with Crippen LogP contribution in [-0.2, 0) is 12.3 Å². The molecule has 3 nitrogen and oxygen atoms in total. The topological polar surface area (TPSA) is 27.7 Å². The van der Waals surface area contributed by atoms with Crippen molar-refractivity contribution in [2.45, 2.75) is 0 Å². The highest BCUT2D eigenvalue weighted by molar-refractivity contribution is 6.87. The standard InChI is InChI=1S/C6H9O3Si3/c1-4-11-7-10-8-12(5-2,6-3)9-11/h4-6H,1-3H2. The van der Waals surface area contributed by atoms with E-state index in [4.69, 9.17) is 12.3 Å². The Kier molecular flexibility index (Phi) is 3.38. The molecular weight excluding hydrogens is 204 g/mol. The van der Waals surface area contributed by atoms with Crippen molar-refractivity contribution in [2.24, 2.45) is 0 Å². The fourth-order valence-electron chi connectivity index (χ4n) is 0.659. The first-order chi connectivity index (χ1) is 5.76. The Morgan fingerprint density at radius 3 is 2.42 bits per heavy atom. The van der Waals surface area contributed by atoms with Gasteiger partial charge in [0.1, 0.15) is 0 Å². The summed E-state index contributed by atoms with van der Waals surface area (Å²) < 4.78 is 16.1. The zero-order valence-corrected chi connectivity index (χ0v) is 9.58. The highest BCUT2D eigenvalue weighted by atomic mass is 28.5. The van der Waals surface area contributed by atoms with Crippen molar-refractivity contribution >= 4 is 27.9 Å². The van der Waals surface area contributed by atoms with Gasteiger partial charge in [-0.05, 0) is 17.1 Å². The molecule has 0 bridgehead atoms. The van der Waals surface area contributed by atoms with Crippen molar-refractivity contribution in [3.63, 3.8) is 0 Å². The second-order valence-corrected chi connectivity index (χ2v) is 7.96. The summed E-state index contributed by atoms with van der Waals surface area (Å²) in [5.41, 5.74) is 5.09. The maximum absolute atomic E-state index is 5.57. The number of rotatable bonds is 3. The summed E-state index contributed by atoms with van der Waals surface area (Å²) in [6.45, 7) is 11.0. The van der Waals surface area contributed by atoms with Gasteiger partial charge in [0.2, 0.25) is 0 Å². The van der Waals surface area contributed by atoms with Crippen LogP contribution in [0.5, 0.6) is 0 Å². The third kappa shape index (κ3) is 1.91. The van der Waals surface area contributed by atoms with E-state index in [1.165, 1.54) is 0 Å². The number of hydrogen-bond acceptors (Lipinski definition) is 3. The van der Waals surface area contributed by atoms with Crippen molar-refractivity contribution in [2.75, 3.05) is 0 Å². The minimum absolute atomic E-state index is 0.0221. The van der Waals surface area contributed by atoms with Gasteiger partial charge in [0.05, 0.1) is 0 Å². The first-order valence-electron chi connectivity index (χ1n) is 3.32. The highest BCUT2D eigenvalue weighted by Crippen LogP contribution is 2.16. The molecular formula is C6H9O3Si3. The summed E-state index contributed by atoms with van der Waals surface area (Å²) in [5, 5.41) is 0. The molecule has 3 radical (unpaired) electrons. The van der Waals surface area contributed by atoms with Crippen molar-refractivity contribution in [3.05, 3.63) is 36.8 Å². The predicted molar refractivity (Wildman–Crippen MR) is 51.1 cm³/mol. The second-order valence-electron chi connectivity index (χ2n) is 2.04. The Hall–Kier alpha value is -0.249. The number of hydrogen-bond donors (Lipinski definition) is 0. The van der Waals surface area contributed by atoms with Crippen molar-refractivity contribution in [1.29, 1.82) is 0 Å². The monoisotopic (exact) mass is 213 g/mol. The summed E-state index contributed by atoms with van der Waals surface area (Å²) in [6, 6.07) is 0. The van der Waals surface area contributed by atoms with E-state index < -0.39 is 17.8 Å². The molecule has 0 unspecified atom stereocenters. The van der Waals surface area contributed by atoms with E-state index in [1.807, 2.05) is 0 Å². The Morgan fingerprint density at radius 1 is 1.25 bits per heavy atom. The van der Waals surface area contributed by atoms with Gasteiger partial charge in [-0.15, -0.1) is 19.7 Å². The maximum atomic E-state index is 5.57. The van der Waals surface area contributed by atoms with Crippen LogP contribution in [0.3, 0.4) is 0 Å². The molecule has 0 amide bonds. The second kappa shape index (κ2) is 4.12. The quantitative estimate of drug-likeness (QED) is 0.646. The molecule has 0 aromatic carbocycles. The molecule has 0 atom stereocenters. The lowest BCUT2D eigenvalue weighted by Gasteiger charge is -2.31. The molecule has 6 heteroatoms. The van der Waals surface area contributed by atoms with Crippen LogP contribution in [0.15, 0.2) is 36.8 Å². The molecule has 0 N–H and O–H groups in total. The summed E-state index contributed by atoms with van der Waals surface area (Å²) in [6.07, 6.45) is 0. The molecule has 0 aliphatic carbocycles. The van der Waals surface area contributed by atoms with Crippen LogP contribution >= 0.6 is 0 Å². The van der Waals surface area contributed by atoms with Gasteiger partial charge >= 0.3 is 27.9 Å². The molecule has 1 rings (SSSR count). The zero-order valence-electron chi connectivity index (χ0n) is 6.58. The lowest BCUT2D eigenvalue weighted by Crippen LogP contribution is -2.51. The predicted octanol–water partition coefficient (Wildman–Crippen LogP) is 0.690. The van der Waals surface area contributed by atoms with E-state index in [0.29, 0.717) is 0 Å². The lowest BCUT2D eigenvalue weighted by atomic mass is 11.2. The largest absolute Gasteiger partial charge is 0.413 e. The molecule has 63 valence electrons. The van der Waals surface area contributed by atoms with Gasteiger partial charge < -0.3 is 12.3 Å². The molecule has 12 heavy (non-hydrogen) atoms. The highest BCUT2D eigenvalue weighted by Gasteiger charge is 2.39. The minimum atomic E-state index is -2.33. The van der Waals surface area contributed by atoms with E-state index in [1.54, 1.807) is 17.1 Å². The molecule has 0 saturated carbocycles. The Bertz CT molecular complexity index is 198. The Morgan fingerprint density at radius 2 is 1.92 bits per heavy atom. The third-order valence-electron chi connectivity index (χ3n) is 1.34. The van der Waals surface area contributed by atoms with E-state index in [9.17, 15) is 0 Å². The molecule has 1 fully saturated rings. The van der Waals surface area contributed by atoms with Gasteiger partial charge in [-0.25, -0.2) is 0 Å². The zero-order chi connectivity index (χ0) is 9.03. The van der Waals surface area contributed by atoms with Crippen LogP contribution in [-0.4, -0.2) is 27.9 Å². The van der Waals surface area contributed by atoms with Crippen molar-refractivity contribution in [3.8, 4) is 0 Å². The first-order valence-corrected chi connectivity index (χ1v) is 7.50.